The van der Waals surface area contributed by atoms with E-state index < -0.39 is 5.97 Å². The van der Waals surface area contributed by atoms with E-state index in [-0.39, 0.29) is 23.3 Å². The highest BCUT2D eigenvalue weighted by Gasteiger charge is 2.29. The Hall–Kier alpha value is -1.85. The summed E-state index contributed by atoms with van der Waals surface area (Å²) >= 11 is 0. The van der Waals surface area contributed by atoms with E-state index in [2.05, 4.69) is 16.9 Å². The maximum absolute atomic E-state index is 12.4. The van der Waals surface area contributed by atoms with Gasteiger partial charge < -0.3 is 15.0 Å². The Morgan fingerprint density at radius 1 is 1.40 bits per heavy atom. The lowest BCUT2D eigenvalue weighted by Crippen LogP contribution is -2.40. The maximum atomic E-state index is 12.4. The first-order chi connectivity index (χ1) is 9.54. The van der Waals surface area contributed by atoms with Crippen LogP contribution in [-0.4, -0.2) is 44.9 Å². The molecule has 0 atom stereocenters. The Labute approximate surface area is 118 Å². The summed E-state index contributed by atoms with van der Waals surface area (Å²) in [7, 11) is 1.74. The first-order valence-corrected chi connectivity index (χ1v) is 7.08. The summed E-state index contributed by atoms with van der Waals surface area (Å²) in [6.45, 7) is 2.20. The van der Waals surface area contributed by atoms with Crippen molar-refractivity contribution in [1.29, 1.82) is 0 Å². The van der Waals surface area contributed by atoms with Gasteiger partial charge in [0.25, 0.3) is 5.91 Å². The average Bonchev–Trinajstić information content (AvgIpc) is 2.95. The Morgan fingerprint density at radius 2 is 2.05 bits per heavy atom. The Kier molecular flexibility index (Phi) is 4.42. The molecule has 1 aromatic heterocycles. The van der Waals surface area contributed by atoms with E-state index in [4.69, 9.17) is 5.11 Å². The topological polar surface area (TPSA) is 86.3 Å². The van der Waals surface area contributed by atoms with E-state index in [1.165, 1.54) is 12.7 Å². The van der Waals surface area contributed by atoms with Crippen molar-refractivity contribution in [3.05, 3.63) is 17.7 Å². The molecule has 20 heavy (non-hydrogen) atoms. The normalized spacial score (nSPS) is 22.5. The Balaban J connectivity index is 2.05. The van der Waals surface area contributed by atoms with Crippen LogP contribution < -0.4 is 0 Å². The number of imidazole rings is 1. The first-order valence-electron chi connectivity index (χ1n) is 7.08. The first kappa shape index (κ1) is 14.6. The molecule has 0 saturated heterocycles. The van der Waals surface area contributed by atoms with Crippen LogP contribution >= 0.6 is 0 Å². The van der Waals surface area contributed by atoms with E-state index in [0.717, 1.165) is 31.6 Å². The van der Waals surface area contributed by atoms with Gasteiger partial charge in [-0.15, -0.1) is 0 Å². The number of hydrogen-bond acceptors (Lipinski definition) is 3. The molecule has 0 bridgehead atoms. The molecule has 1 heterocycles. The highest BCUT2D eigenvalue weighted by atomic mass is 16.4. The molecule has 1 amide bonds. The van der Waals surface area contributed by atoms with Crippen molar-refractivity contribution in [2.45, 2.75) is 45.1 Å². The second-order valence-electron chi connectivity index (χ2n) is 5.43. The number of H-pyrrole nitrogens is 1. The third-order valence-corrected chi connectivity index (χ3v) is 4.32. The number of aromatic nitrogens is 2. The molecular weight excluding hydrogens is 258 g/mol. The van der Waals surface area contributed by atoms with E-state index in [0.29, 0.717) is 0 Å². The van der Waals surface area contributed by atoms with Crippen LogP contribution in [0.15, 0.2) is 6.33 Å². The lowest BCUT2D eigenvalue weighted by Gasteiger charge is -2.34. The van der Waals surface area contributed by atoms with Gasteiger partial charge in [0.2, 0.25) is 0 Å². The van der Waals surface area contributed by atoms with E-state index in [9.17, 15) is 9.59 Å². The minimum Gasteiger partial charge on any atom is -0.477 e. The highest BCUT2D eigenvalue weighted by Crippen LogP contribution is 2.29. The standard InChI is InChI=1S/C14H21N3O3/c1-3-9-4-6-10(7-5-9)17(2)13(18)11-12(14(19)20)16-8-15-11/h8-10H,3-7H2,1-2H3,(H,15,16)(H,19,20). The summed E-state index contributed by atoms with van der Waals surface area (Å²) in [5.74, 6) is -0.716. The lowest BCUT2D eigenvalue weighted by molar-refractivity contribution is 0.0636. The van der Waals surface area contributed by atoms with Gasteiger partial charge in [0, 0.05) is 13.1 Å². The highest BCUT2D eigenvalue weighted by molar-refractivity contribution is 6.02. The summed E-state index contributed by atoms with van der Waals surface area (Å²) in [5, 5.41) is 9.02. The number of carbonyl (C=O) groups is 2. The zero-order valence-electron chi connectivity index (χ0n) is 11.9. The predicted molar refractivity (Wildman–Crippen MR) is 73.7 cm³/mol. The van der Waals surface area contributed by atoms with Crippen molar-refractivity contribution in [2.75, 3.05) is 7.05 Å². The molecule has 2 rings (SSSR count). The summed E-state index contributed by atoms with van der Waals surface area (Å²) < 4.78 is 0. The average molecular weight is 279 g/mol. The molecule has 1 fully saturated rings. The molecule has 0 radical (unpaired) electrons. The molecule has 6 heteroatoms. The summed E-state index contributed by atoms with van der Waals surface area (Å²) in [6.07, 6.45) is 6.66. The van der Waals surface area contributed by atoms with Crippen molar-refractivity contribution in [3.8, 4) is 0 Å². The van der Waals surface area contributed by atoms with Crippen LogP contribution in [0.1, 0.15) is 60.0 Å². The Morgan fingerprint density at radius 3 is 2.60 bits per heavy atom. The number of carboxylic acid groups (broad SMARTS) is 1. The second kappa shape index (κ2) is 6.07. The molecule has 1 aliphatic carbocycles. The van der Waals surface area contributed by atoms with E-state index >= 15 is 0 Å². The van der Waals surface area contributed by atoms with Crippen molar-refractivity contribution >= 4 is 11.9 Å². The molecule has 1 aliphatic rings. The number of carboxylic acids is 1. The van der Waals surface area contributed by atoms with Crippen molar-refractivity contribution in [3.63, 3.8) is 0 Å². The minimum absolute atomic E-state index is 0.00221. The van der Waals surface area contributed by atoms with Gasteiger partial charge in [-0.25, -0.2) is 9.78 Å². The molecule has 0 aromatic carbocycles. The number of nitrogens with zero attached hydrogens (tertiary/aromatic N) is 2. The van der Waals surface area contributed by atoms with Crippen molar-refractivity contribution in [1.82, 2.24) is 14.9 Å². The van der Waals surface area contributed by atoms with E-state index in [1.54, 1.807) is 11.9 Å². The van der Waals surface area contributed by atoms with Gasteiger partial charge in [-0.05, 0) is 31.6 Å². The minimum atomic E-state index is -1.16. The number of amides is 1. The van der Waals surface area contributed by atoms with Crippen LogP contribution in [0.4, 0.5) is 0 Å². The smallest absolute Gasteiger partial charge is 0.354 e. The fourth-order valence-corrected chi connectivity index (χ4v) is 2.89. The number of nitrogens with one attached hydrogen (secondary N) is 1. The lowest BCUT2D eigenvalue weighted by atomic mass is 9.84. The van der Waals surface area contributed by atoms with Gasteiger partial charge in [0.15, 0.2) is 11.4 Å². The number of hydrogen-bond donors (Lipinski definition) is 2. The molecule has 110 valence electrons. The SMILES string of the molecule is CCC1CCC(N(C)C(=O)c2nc[nH]c2C(=O)O)CC1. The molecule has 1 saturated carbocycles. The Bertz CT molecular complexity index is 490. The number of aromatic amines is 1. The molecule has 0 aliphatic heterocycles. The third kappa shape index (κ3) is 2.84. The number of carbonyl (C=O) groups excluding carboxylic acids is 1. The molecule has 6 nitrogen and oxygen atoms in total. The van der Waals surface area contributed by atoms with Crippen LogP contribution in [0.2, 0.25) is 0 Å². The molecule has 2 N–H and O–H groups in total. The van der Waals surface area contributed by atoms with Gasteiger partial charge in [0.05, 0.1) is 6.33 Å². The third-order valence-electron chi connectivity index (χ3n) is 4.32. The zero-order valence-corrected chi connectivity index (χ0v) is 11.9. The van der Waals surface area contributed by atoms with E-state index in [1.807, 2.05) is 0 Å². The van der Waals surface area contributed by atoms with Crippen molar-refractivity contribution < 1.29 is 14.7 Å². The van der Waals surface area contributed by atoms with Crippen LogP contribution in [0.3, 0.4) is 0 Å². The largest absolute Gasteiger partial charge is 0.477 e. The number of rotatable bonds is 4. The zero-order chi connectivity index (χ0) is 14.7. The fraction of sp³-hybridized carbons (Fsp3) is 0.643. The molecule has 1 aromatic rings. The fourth-order valence-electron chi connectivity index (χ4n) is 2.89. The van der Waals surface area contributed by atoms with Crippen LogP contribution in [-0.2, 0) is 0 Å². The van der Waals surface area contributed by atoms with Gasteiger partial charge in [-0.3, -0.25) is 4.79 Å². The van der Waals surface area contributed by atoms with Crippen LogP contribution in [0.25, 0.3) is 0 Å². The summed E-state index contributed by atoms with van der Waals surface area (Å²) in [5.41, 5.74) is -0.137. The summed E-state index contributed by atoms with van der Waals surface area (Å²) in [4.78, 5) is 31.4. The second-order valence-corrected chi connectivity index (χ2v) is 5.43. The van der Waals surface area contributed by atoms with Gasteiger partial charge in [0.1, 0.15) is 0 Å². The van der Waals surface area contributed by atoms with Gasteiger partial charge in [-0.2, -0.15) is 0 Å². The van der Waals surface area contributed by atoms with Gasteiger partial charge in [-0.1, -0.05) is 13.3 Å². The van der Waals surface area contributed by atoms with Crippen LogP contribution in [0.5, 0.6) is 0 Å². The molecule has 0 spiro atoms. The van der Waals surface area contributed by atoms with Crippen LogP contribution in [0, 0.1) is 5.92 Å². The summed E-state index contributed by atoms with van der Waals surface area (Å²) in [6, 6.07) is 0.184. The molecular formula is C14H21N3O3. The monoisotopic (exact) mass is 279 g/mol. The quantitative estimate of drug-likeness (QED) is 0.884. The van der Waals surface area contributed by atoms with Gasteiger partial charge >= 0.3 is 5.97 Å². The number of aromatic carboxylic acids is 1. The van der Waals surface area contributed by atoms with Crippen molar-refractivity contribution in [2.24, 2.45) is 5.92 Å². The molecule has 0 unspecified atom stereocenters. The predicted octanol–water partition coefficient (Wildman–Crippen LogP) is 2.15. The maximum Gasteiger partial charge on any atom is 0.354 e.